The first kappa shape index (κ1) is 23.3. The Labute approximate surface area is 165 Å². The Morgan fingerprint density at radius 2 is 0.885 bits per heavy atom. The van der Waals surface area contributed by atoms with E-state index in [1.54, 1.807) is 16.7 Å². The van der Waals surface area contributed by atoms with E-state index in [-0.39, 0.29) is 0 Å². The maximum atomic E-state index is 2.42. The van der Waals surface area contributed by atoms with Crippen LogP contribution in [0.1, 0.15) is 127 Å². The molecule has 0 saturated carbocycles. The van der Waals surface area contributed by atoms with Gasteiger partial charge in [0.25, 0.3) is 0 Å². The van der Waals surface area contributed by atoms with Gasteiger partial charge in [0.2, 0.25) is 0 Å². The number of benzene rings is 1. The van der Waals surface area contributed by atoms with Crippen molar-refractivity contribution in [1.82, 2.24) is 0 Å². The van der Waals surface area contributed by atoms with Crippen molar-refractivity contribution in [2.24, 2.45) is 0 Å². The Morgan fingerprint density at radius 1 is 0.462 bits per heavy atom. The first-order valence-electron chi connectivity index (χ1n) is 11.9. The van der Waals surface area contributed by atoms with Gasteiger partial charge in [0.15, 0.2) is 0 Å². The van der Waals surface area contributed by atoms with Crippen LogP contribution in [0.5, 0.6) is 0 Å². The van der Waals surface area contributed by atoms with E-state index in [0.717, 1.165) is 0 Å². The van der Waals surface area contributed by atoms with Crippen molar-refractivity contribution in [3.05, 3.63) is 34.9 Å². The molecule has 0 radical (unpaired) electrons. The third-order valence-electron chi connectivity index (χ3n) is 5.75. The lowest BCUT2D eigenvalue weighted by Crippen LogP contribution is -2.02. The summed E-state index contributed by atoms with van der Waals surface area (Å²) in [7, 11) is 0. The van der Waals surface area contributed by atoms with Gasteiger partial charge in [0.1, 0.15) is 0 Å². The van der Waals surface area contributed by atoms with Gasteiger partial charge in [-0.15, -0.1) is 0 Å². The van der Waals surface area contributed by atoms with Crippen LogP contribution in [0.3, 0.4) is 0 Å². The van der Waals surface area contributed by atoms with E-state index in [9.17, 15) is 0 Å². The molecule has 0 heterocycles. The fourth-order valence-electron chi connectivity index (χ4n) is 4.02. The summed E-state index contributed by atoms with van der Waals surface area (Å²) in [5.41, 5.74) is 5.05. The summed E-state index contributed by atoms with van der Waals surface area (Å²) in [6.07, 6.45) is 23.4. The Bertz CT molecular complexity index is 397. The Kier molecular flexibility index (Phi) is 14.7. The maximum Gasteiger partial charge on any atom is -0.0274 e. The Balaban J connectivity index is 2.51. The van der Waals surface area contributed by atoms with Crippen molar-refractivity contribution < 1.29 is 0 Å². The molecule has 1 aromatic carbocycles. The highest BCUT2D eigenvalue weighted by molar-refractivity contribution is 5.36. The molecular formula is C26H46. The van der Waals surface area contributed by atoms with Gasteiger partial charge in [-0.25, -0.2) is 0 Å². The second kappa shape index (κ2) is 16.4. The lowest BCUT2D eigenvalue weighted by atomic mass is 9.90. The van der Waals surface area contributed by atoms with Crippen molar-refractivity contribution in [1.29, 1.82) is 0 Å². The van der Waals surface area contributed by atoms with Crippen molar-refractivity contribution >= 4 is 0 Å². The van der Waals surface area contributed by atoms with E-state index < -0.39 is 0 Å². The highest BCUT2D eigenvalue weighted by atomic mass is 14.1. The molecule has 26 heavy (non-hydrogen) atoms. The minimum absolute atomic E-state index is 1.30. The number of rotatable bonds is 17. The zero-order chi connectivity index (χ0) is 18.9. The fraction of sp³-hybridized carbons (Fsp3) is 0.769. The molecule has 1 rings (SSSR count). The molecule has 0 aromatic heterocycles. The van der Waals surface area contributed by atoms with Gasteiger partial charge in [-0.2, -0.15) is 0 Å². The smallest absolute Gasteiger partial charge is 0.0274 e. The number of hydrogen-bond acceptors (Lipinski definition) is 0. The lowest BCUT2D eigenvalue weighted by Gasteiger charge is -2.15. The average molecular weight is 359 g/mol. The normalized spacial score (nSPS) is 11.2. The maximum absolute atomic E-state index is 2.42. The molecule has 0 nitrogen and oxygen atoms in total. The third-order valence-corrected chi connectivity index (χ3v) is 5.75. The minimum atomic E-state index is 1.30. The molecule has 150 valence electrons. The van der Waals surface area contributed by atoms with Gasteiger partial charge < -0.3 is 0 Å². The molecule has 0 aliphatic heterocycles. The van der Waals surface area contributed by atoms with Gasteiger partial charge in [0.05, 0.1) is 0 Å². The van der Waals surface area contributed by atoms with Crippen LogP contribution in [0.25, 0.3) is 0 Å². The van der Waals surface area contributed by atoms with Gasteiger partial charge in [-0.1, -0.05) is 110 Å². The number of unbranched alkanes of at least 4 members (excludes halogenated alkanes) is 11. The summed E-state index contributed by atoms with van der Waals surface area (Å²) in [6, 6.07) is 7.16. The Morgan fingerprint density at radius 3 is 1.35 bits per heavy atom. The van der Waals surface area contributed by atoms with Gasteiger partial charge in [-0.3, -0.25) is 0 Å². The van der Waals surface area contributed by atoms with Gasteiger partial charge in [0, 0.05) is 0 Å². The monoisotopic (exact) mass is 358 g/mol. The van der Waals surface area contributed by atoms with E-state index in [1.165, 1.54) is 109 Å². The predicted molar refractivity (Wildman–Crippen MR) is 119 cm³/mol. The summed E-state index contributed by atoms with van der Waals surface area (Å²) in [5.74, 6) is 0. The molecular weight excluding hydrogens is 312 g/mol. The number of aryl methyl sites for hydroxylation is 2. The highest BCUT2D eigenvalue weighted by Crippen LogP contribution is 2.22. The van der Waals surface area contributed by atoms with Crippen LogP contribution in [0.15, 0.2) is 18.2 Å². The first-order chi connectivity index (χ1) is 12.8. The summed E-state index contributed by atoms with van der Waals surface area (Å²) >= 11 is 0. The van der Waals surface area contributed by atoms with Crippen LogP contribution in [0.4, 0.5) is 0 Å². The largest absolute Gasteiger partial charge is 0.0654 e. The van der Waals surface area contributed by atoms with E-state index >= 15 is 0 Å². The van der Waals surface area contributed by atoms with Gasteiger partial charge in [-0.05, 0) is 55.2 Å². The highest BCUT2D eigenvalue weighted by Gasteiger charge is 2.08. The van der Waals surface area contributed by atoms with Crippen LogP contribution in [0.2, 0.25) is 0 Å². The van der Waals surface area contributed by atoms with Crippen molar-refractivity contribution in [2.45, 2.75) is 130 Å². The van der Waals surface area contributed by atoms with Crippen LogP contribution >= 0.6 is 0 Å². The number of hydrogen-bond donors (Lipinski definition) is 0. The van der Waals surface area contributed by atoms with E-state index in [0.29, 0.717) is 0 Å². The predicted octanol–water partition coefficient (Wildman–Crippen LogP) is 8.84. The van der Waals surface area contributed by atoms with E-state index in [4.69, 9.17) is 0 Å². The third kappa shape index (κ3) is 10.4. The summed E-state index contributed by atoms with van der Waals surface area (Å²) < 4.78 is 0. The molecule has 0 N–H and O–H groups in total. The van der Waals surface area contributed by atoms with Crippen molar-refractivity contribution in [3.63, 3.8) is 0 Å². The average Bonchev–Trinajstić information content (AvgIpc) is 2.66. The molecule has 0 amide bonds. The standard InChI is InChI=1S/C26H46/c1-4-7-10-12-14-16-19-24-21-18-22-25(26(24)23-9-6-3)20-17-15-13-11-8-5-2/h18,21-22H,4-17,19-20,23H2,1-3H3. The first-order valence-corrected chi connectivity index (χ1v) is 11.9. The van der Waals surface area contributed by atoms with Crippen molar-refractivity contribution in [3.8, 4) is 0 Å². The topological polar surface area (TPSA) is 0 Å². The summed E-state index contributed by atoms with van der Waals surface area (Å²) in [4.78, 5) is 0. The second-order valence-corrected chi connectivity index (χ2v) is 8.19. The van der Waals surface area contributed by atoms with E-state index in [1.807, 2.05) is 0 Å². The molecule has 0 fully saturated rings. The second-order valence-electron chi connectivity index (χ2n) is 8.19. The van der Waals surface area contributed by atoms with Gasteiger partial charge >= 0.3 is 0 Å². The van der Waals surface area contributed by atoms with Crippen LogP contribution in [-0.4, -0.2) is 0 Å². The molecule has 0 spiro atoms. The van der Waals surface area contributed by atoms with Crippen LogP contribution in [0, 0.1) is 0 Å². The molecule has 0 heteroatoms. The minimum Gasteiger partial charge on any atom is -0.0654 e. The van der Waals surface area contributed by atoms with Crippen molar-refractivity contribution in [2.75, 3.05) is 0 Å². The van der Waals surface area contributed by atoms with Crippen LogP contribution in [-0.2, 0) is 19.3 Å². The van der Waals surface area contributed by atoms with E-state index in [2.05, 4.69) is 39.0 Å². The Hall–Kier alpha value is -0.780. The molecule has 0 aliphatic rings. The molecule has 1 aromatic rings. The molecule has 0 atom stereocenters. The zero-order valence-electron chi connectivity index (χ0n) is 18.3. The summed E-state index contributed by atoms with van der Waals surface area (Å²) in [6.45, 7) is 6.92. The summed E-state index contributed by atoms with van der Waals surface area (Å²) in [5, 5.41) is 0. The SMILES string of the molecule is CCCCCCCCc1cccc(CCCCCCCC)c1CCCC. The molecule has 0 aliphatic carbocycles. The molecule has 0 unspecified atom stereocenters. The van der Waals surface area contributed by atoms with Crippen LogP contribution < -0.4 is 0 Å². The quantitative estimate of drug-likeness (QED) is 0.244. The fourth-order valence-corrected chi connectivity index (χ4v) is 4.02. The zero-order valence-corrected chi connectivity index (χ0v) is 18.3. The molecule has 0 saturated heterocycles. The molecule has 0 bridgehead atoms. The lowest BCUT2D eigenvalue weighted by molar-refractivity contribution is 0.601.